The summed E-state index contributed by atoms with van der Waals surface area (Å²) in [6, 6.07) is 13.8. The van der Waals surface area contributed by atoms with Gasteiger partial charge >= 0.3 is 6.36 Å². The predicted molar refractivity (Wildman–Crippen MR) is 150 cm³/mol. The minimum Gasteiger partial charge on any atom is -0.406 e. The minimum absolute atomic E-state index is 0.0215. The molecule has 3 aromatic rings. The number of carbonyl (C=O) groups excluding carboxylic acids is 2. The van der Waals surface area contributed by atoms with E-state index in [2.05, 4.69) is 30.7 Å². The third kappa shape index (κ3) is 8.82. The van der Waals surface area contributed by atoms with Gasteiger partial charge in [-0.25, -0.2) is 9.97 Å². The highest BCUT2D eigenvalue weighted by atomic mass is 19.4. The topological polar surface area (TPSA) is 108 Å². The number of nitrogens with one attached hydrogen (secondary N) is 3. The van der Waals surface area contributed by atoms with Crippen molar-refractivity contribution in [3.05, 3.63) is 71.5 Å². The predicted octanol–water partition coefficient (Wildman–Crippen LogP) is 5.08. The van der Waals surface area contributed by atoms with Crippen LogP contribution >= 0.6 is 0 Å². The standard InChI is InChI=1S/C29H33F3N6O3/c1-18-33-25(17-26(34-18)38(2)3)35-20-8-10-21(11-9-20)36-27(39)16-19-6-4-5-7-24(19)28(40)37-22-12-14-23(15-13-22)41-29(30,31)32/h4-7,12-15,17,20-21H,8-11,16H2,1-3H3,(H,36,39)(H,37,40)(H,33,34,35). The molecular formula is C29H33F3N6O3. The molecule has 0 aliphatic heterocycles. The van der Waals surface area contributed by atoms with Gasteiger partial charge in [0.15, 0.2) is 0 Å². The van der Waals surface area contributed by atoms with Gasteiger partial charge in [0.25, 0.3) is 5.91 Å². The summed E-state index contributed by atoms with van der Waals surface area (Å²) >= 11 is 0. The van der Waals surface area contributed by atoms with Crippen molar-refractivity contribution >= 4 is 29.1 Å². The summed E-state index contributed by atoms with van der Waals surface area (Å²) < 4.78 is 41.0. The highest BCUT2D eigenvalue weighted by molar-refractivity contribution is 6.06. The fourth-order valence-corrected chi connectivity index (χ4v) is 4.73. The number of ether oxygens (including phenoxy) is 1. The zero-order chi connectivity index (χ0) is 29.6. The molecule has 2 amide bonds. The number of amides is 2. The van der Waals surface area contributed by atoms with Gasteiger partial charge in [-0.1, -0.05) is 18.2 Å². The van der Waals surface area contributed by atoms with Gasteiger partial charge in [-0.05, 0) is 68.5 Å². The van der Waals surface area contributed by atoms with Crippen LogP contribution in [0.5, 0.6) is 5.75 Å². The molecule has 1 heterocycles. The van der Waals surface area contributed by atoms with Crippen molar-refractivity contribution in [3.63, 3.8) is 0 Å². The first-order valence-corrected chi connectivity index (χ1v) is 13.3. The smallest absolute Gasteiger partial charge is 0.406 e. The Kier molecular flexibility index (Phi) is 9.31. The quantitative estimate of drug-likeness (QED) is 0.329. The summed E-state index contributed by atoms with van der Waals surface area (Å²) in [5, 5.41) is 9.24. The zero-order valence-corrected chi connectivity index (χ0v) is 23.1. The van der Waals surface area contributed by atoms with Crippen molar-refractivity contribution < 1.29 is 27.5 Å². The number of hydrogen-bond acceptors (Lipinski definition) is 7. The van der Waals surface area contributed by atoms with Crippen LogP contribution in [-0.4, -0.2) is 54.3 Å². The third-order valence-corrected chi connectivity index (χ3v) is 6.69. The molecule has 1 aliphatic carbocycles. The van der Waals surface area contributed by atoms with Gasteiger partial charge < -0.3 is 25.6 Å². The Morgan fingerprint density at radius 1 is 0.976 bits per heavy atom. The summed E-state index contributed by atoms with van der Waals surface area (Å²) in [5.41, 5.74) is 1.15. The lowest BCUT2D eigenvalue weighted by Crippen LogP contribution is -2.41. The summed E-state index contributed by atoms with van der Waals surface area (Å²) in [6.45, 7) is 1.86. The summed E-state index contributed by atoms with van der Waals surface area (Å²) in [6.07, 6.45) is -1.41. The highest BCUT2D eigenvalue weighted by Gasteiger charge is 2.31. The van der Waals surface area contributed by atoms with E-state index in [0.717, 1.165) is 49.5 Å². The third-order valence-electron chi connectivity index (χ3n) is 6.69. The first-order chi connectivity index (χ1) is 19.4. The van der Waals surface area contributed by atoms with E-state index in [1.165, 1.54) is 12.1 Å². The minimum atomic E-state index is -4.80. The molecular weight excluding hydrogens is 537 g/mol. The van der Waals surface area contributed by atoms with E-state index >= 15 is 0 Å². The van der Waals surface area contributed by atoms with Crippen LogP contribution < -0.4 is 25.6 Å². The second-order valence-electron chi connectivity index (χ2n) is 10.2. The monoisotopic (exact) mass is 570 g/mol. The Labute approximate surface area is 236 Å². The van der Waals surface area contributed by atoms with Gasteiger partial charge in [0.1, 0.15) is 23.2 Å². The molecule has 0 radical (unpaired) electrons. The van der Waals surface area contributed by atoms with E-state index in [1.807, 2.05) is 32.0 Å². The normalized spacial score (nSPS) is 16.9. The Bertz CT molecular complexity index is 1360. The molecule has 1 aromatic heterocycles. The van der Waals surface area contributed by atoms with Gasteiger partial charge in [0.2, 0.25) is 5.91 Å². The lowest BCUT2D eigenvalue weighted by Gasteiger charge is -2.30. The van der Waals surface area contributed by atoms with Crippen LogP contribution in [0.2, 0.25) is 0 Å². The molecule has 2 aromatic carbocycles. The summed E-state index contributed by atoms with van der Waals surface area (Å²) in [5.74, 6) is 1.28. The number of nitrogens with zero attached hydrogens (tertiary/aromatic N) is 3. The molecule has 218 valence electrons. The van der Waals surface area contributed by atoms with Crippen LogP contribution in [0.3, 0.4) is 0 Å². The SMILES string of the molecule is Cc1nc(NC2CCC(NC(=O)Cc3ccccc3C(=O)Nc3ccc(OC(F)(F)F)cc3)CC2)cc(N(C)C)n1. The van der Waals surface area contributed by atoms with E-state index in [-0.39, 0.29) is 30.2 Å². The van der Waals surface area contributed by atoms with Crippen molar-refractivity contribution in [2.75, 3.05) is 29.6 Å². The largest absolute Gasteiger partial charge is 0.573 e. The summed E-state index contributed by atoms with van der Waals surface area (Å²) in [4.78, 5) is 36.6. The zero-order valence-electron chi connectivity index (χ0n) is 23.1. The maximum absolute atomic E-state index is 12.9. The molecule has 0 bridgehead atoms. The molecule has 41 heavy (non-hydrogen) atoms. The van der Waals surface area contributed by atoms with E-state index in [9.17, 15) is 22.8 Å². The van der Waals surface area contributed by atoms with E-state index in [4.69, 9.17) is 0 Å². The Morgan fingerprint density at radius 2 is 1.63 bits per heavy atom. The second kappa shape index (κ2) is 12.9. The van der Waals surface area contributed by atoms with Gasteiger partial charge in [-0.2, -0.15) is 0 Å². The van der Waals surface area contributed by atoms with Gasteiger partial charge in [0, 0.05) is 43.5 Å². The molecule has 9 nitrogen and oxygen atoms in total. The number of hydrogen-bond donors (Lipinski definition) is 3. The maximum Gasteiger partial charge on any atom is 0.573 e. The number of aryl methyl sites for hydroxylation is 1. The van der Waals surface area contributed by atoms with Gasteiger partial charge in [-0.3, -0.25) is 9.59 Å². The van der Waals surface area contributed by atoms with E-state index < -0.39 is 12.3 Å². The van der Waals surface area contributed by atoms with Crippen LogP contribution in [0.15, 0.2) is 54.6 Å². The van der Waals surface area contributed by atoms with Crippen LogP contribution in [0.25, 0.3) is 0 Å². The molecule has 0 spiro atoms. The fraction of sp³-hybridized carbons (Fsp3) is 0.379. The molecule has 3 N–H and O–H groups in total. The molecule has 4 rings (SSSR count). The maximum atomic E-state index is 12.9. The van der Waals surface area contributed by atoms with Crippen molar-refractivity contribution in [2.45, 2.75) is 57.5 Å². The Hall–Kier alpha value is -4.35. The number of rotatable bonds is 9. The Balaban J connectivity index is 1.28. The second-order valence-corrected chi connectivity index (χ2v) is 10.2. The number of carbonyl (C=O) groups is 2. The van der Waals surface area contributed by atoms with Crippen molar-refractivity contribution in [3.8, 4) is 5.75 Å². The number of anilines is 3. The first-order valence-electron chi connectivity index (χ1n) is 13.3. The van der Waals surface area contributed by atoms with Crippen LogP contribution in [0.1, 0.15) is 47.4 Å². The molecule has 1 aliphatic rings. The molecule has 12 heteroatoms. The molecule has 1 fully saturated rings. The number of benzene rings is 2. The number of aromatic nitrogens is 2. The fourth-order valence-electron chi connectivity index (χ4n) is 4.73. The number of alkyl halides is 3. The molecule has 0 unspecified atom stereocenters. The van der Waals surface area contributed by atoms with E-state index in [0.29, 0.717) is 22.6 Å². The molecule has 0 saturated heterocycles. The molecule has 0 atom stereocenters. The lowest BCUT2D eigenvalue weighted by molar-refractivity contribution is -0.274. The Morgan fingerprint density at radius 3 is 2.29 bits per heavy atom. The van der Waals surface area contributed by atoms with Crippen LogP contribution in [0, 0.1) is 6.92 Å². The number of halogens is 3. The van der Waals surface area contributed by atoms with Crippen molar-refractivity contribution in [2.24, 2.45) is 0 Å². The van der Waals surface area contributed by atoms with Crippen molar-refractivity contribution in [1.82, 2.24) is 15.3 Å². The van der Waals surface area contributed by atoms with Crippen LogP contribution in [0.4, 0.5) is 30.5 Å². The van der Waals surface area contributed by atoms with Crippen molar-refractivity contribution in [1.29, 1.82) is 0 Å². The van der Waals surface area contributed by atoms with E-state index in [1.54, 1.807) is 24.3 Å². The highest BCUT2D eigenvalue weighted by Crippen LogP contribution is 2.25. The van der Waals surface area contributed by atoms with Crippen LogP contribution in [-0.2, 0) is 11.2 Å². The van der Waals surface area contributed by atoms with Gasteiger partial charge in [-0.15, -0.1) is 13.2 Å². The average molecular weight is 571 g/mol. The lowest BCUT2D eigenvalue weighted by atomic mass is 9.91. The molecule has 1 saturated carbocycles. The summed E-state index contributed by atoms with van der Waals surface area (Å²) in [7, 11) is 3.87. The van der Waals surface area contributed by atoms with Gasteiger partial charge in [0.05, 0.1) is 6.42 Å². The first kappa shape index (κ1) is 29.6. The average Bonchev–Trinajstić information content (AvgIpc) is 2.90.